The predicted molar refractivity (Wildman–Crippen MR) is 79.9 cm³/mol. The van der Waals surface area contributed by atoms with Crippen LogP contribution in [0.2, 0.25) is 0 Å². The van der Waals surface area contributed by atoms with Crippen molar-refractivity contribution in [2.75, 3.05) is 4.72 Å². The zero-order chi connectivity index (χ0) is 15.8. The van der Waals surface area contributed by atoms with E-state index in [-0.39, 0.29) is 16.3 Å². The Balaban J connectivity index is 2.54. The number of nitrogens with one attached hydrogen (secondary N) is 1. The van der Waals surface area contributed by atoms with Gasteiger partial charge in [0.25, 0.3) is 10.0 Å². The van der Waals surface area contributed by atoms with Crippen LogP contribution in [-0.4, -0.2) is 29.3 Å². The Morgan fingerprint density at radius 2 is 2.10 bits per heavy atom. The average molecular weight is 374 g/mol. The molecule has 7 nitrogen and oxygen atoms in total. The number of halogens is 1. The summed E-state index contributed by atoms with van der Waals surface area (Å²) in [7, 11) is -2.33. The Kier molecular flexibility index (Phi) is 4.06. The molecule has 0 fully saturated rings. The van der Waals surface area contributed by atoms with E-state index >= 15 is 0 Å². The second-order valence-corrected chi connectivity index (χ2v) is 6.84. The van der Waals surface area contributed by atoms with E-state index in [0.717, 1.165) is 6.07 Å². The molecule has 0 aliphatic carbocycles. The maximum absolute atomic E-state index is 12.4. The molecule has 1 aromatic carbocycles. The molecule has 0 aliphatic heterocycles. The Hall–Kier alpha value is -1.87. The number of anilines is 1. The van der Waals surface area contributed by atoms with Gasteiger partial charge in [-0.05, 0) is 24.6 Å². The SMILES string of the molecule is Cc1c(Br)cc(C(=O)O)cc1S(=O)(=O)Nc1ccnn1C. The molecule has 0 radical (unpaired) electrons. The van der Waals surface area contributed by atoms with E-state index in [4.69, 9.17) is 5.11 Å². The van der Waals surface area contributed by atoms with Crippen LogP contribution in [0.3, 0.4) is 0 Å². The van der Waals surface area contributed by atoms with Gasteiger partial charge in [0.2, 0.25) is 0 Å². The Morgan fingerprint density at radius 1 is 1.43 bits per heavy atom. The second-order valence-electron chi connectivity index (χ2n) is 4.33. The lowest BCUT2D eigenvalue weighted by atomic mass is 10.1. The first-order valence-electron chi connectivity index (χ1n) is 5.76. The fourth-order valence-corrected chi connectivity index (χ4v) is 3.69. The number of carboxylic acid groups (broad SMARTS) is 1. The average Bonchev–Trinajstić information content (AvgIpc) is 2.77. The van der Waals surface area contributed by atoms with E-state index in [2.05, 4.69) is 25.8 Å². The summed E-state index contributed by atoms with van der Waals surface area (Å²) in [5.74, 6) is -0.918. The molecule has 9 heteroatoms. The topological polar surface area (TPSA) is 101 Å². The van der Waals surface area contributed by atoms with Crippen molar-refractivity contribution in [2.45, 2.75) is 11.8 Å². The normalized spacial score (nSPS) is 11.4. The van der Waals surface area contributed by atoms with Crippen LogP contribution >= 0.6 is 15.9 Å². The molecule has 0 atom stereocenters. The molecule has 112 valence electrons. The minimum Gasteiger partial charge on any atom is -0.478 e. The van der Waals surface area contributed by atoms with Gasteiger partial charge in [0, 0.05) is 17.6 Å². The molecule has 0 saturated carbocycles. The second kappa shape index (κ2) is 5.49. The number of aromatic carboxylic acids is 1. The summed E-state index contributed by atoms with van der Waals surface area (Å²) in [5.41, 5.74) is 0.313. The molecule has 2 aromatic rings. The number of aromatic nitrogens is 2. The van der Waals surface area contributed by atoms with Crippen molar-refractivity contribution in [3.63, 3.8) is 0 Å². The quantitative estimate of drug-likeness (QED) is 0.852. The van der Waals surface area contributed by atoms with Crippen LogP contribution in [0.5, 0.6) is 0 Å². The van der Waals surface area contributed by atoms with Crippen LogP contribution in [0.4, 0.5) is 5.82 Å². The zero-order valence-corrected chi connectivity index (χ0v) is 13.6. The van der Waals surface area contributed by atoms with Crippen molar-refractivity contribution >= 4 is 37.7 Å². The van der Waals surface area contributed by atoms with Gasteiger partial charge in [0.1, 0.15) is 5.82 Å². The molecule has 2 rings (SSSR count). The highest BCUT2D eigenvalue weighted by Gasteiger charge is 2.22. The van der Waals surface area contributed by atoms with Gasteiger partial charge in [-0.3, -0.25) is 9.40 Å². The summed E-state index contributed by atoms with van der Waals surface area (Å²) in [6, 6.07) is 3.99. The fraction of sp³-hybridized carbons (Fsp3) is 0.167. The fourth-order valence-electron chi connectivity index (χ4n) is 1.72. The molecule has 1 heterocycles. The van der Waals surface area contributed by atoms with Gasteiger partial charge < -0.3 is 5.11 Å². The maximum atomic E-state index is 12.4. The number of rotatable bonds is 4. The van der Waals surface area contributed by atoms with E-state index in [1.807, 2.05) is 0 Å². The largest absolute Gasteiger partial charge is 0.478 e. The van der Waals surface area contributed by atoms with E-state index in [1.165, 1.54) is 23.0 Å². The maximum Gasteiger partial charge on any atom is 0.335 e. The standard InChI is InChI=1S/C12H12BrN3O4S/c1-7-9(13)5-8(12(17)18)6-10(7)21(19,20)15-11-3-4-14-16(11)2/h3-6,15H,1-2H3,(H,17,18). The number of benzene rings is 1. The van der Waals surface area contributed by atoms with Crippen molar-refractivity contribution in [3.05, 3.63) is 40.0 Å². The van der Waals surface area contributed by atoms with Gasteiger partial charge >= 0.3 is 5.97 Å². The molecular weight excluding hydrogens is 362 g/mol. The number of hydrogen-bond acceptors (Lipinski definition) is 4. The molecule has 21 heavy (non-hydrogen) atoms. The number of hydrogen-bond donors (Lipinski definition) is 2. The van der Waals surface area contributed by atoms with Gasteiger partial charge in [-0.2, -0.15) is 5.10 Å². The minimum absolute atomic E-state index is 0.101. The minimum atomic E-state index is -3.92. The summed E-state index contributed by atoms with van der Waals surface area (Å²) in [6.07, 6.45) is 1.45. The molecule has 0 saturated heterocycles. The number of nitrogens with zero attached hydrogens (tertiary/aromatic N) is 2. The van der Waals surface area contributed by atoms with Crippen molar-refractivity contribution in [2.24, 2.45) is 7.05 Å². The van der Waals surface area contributed by atoms with E-state index < -0.39 is 16.0 Å². The summed E-state index contributed by atoms with van der Waals surface area (Å²) in [5, 5.41) is 12.9. The van der Waals surface area contributed by atoms with Crippen molar-refractivity contribution in [1.29, 1.82) is 0 Å². The van der Waals surface area contributed by atoms with E-state index in [1.54, 1.807) is 14.0 Å². The highest BCUT2D eigenvalue weighted by atomic mass is 79.9. The highest BCUT2D eigenvalue weighted by molar-refractivity contribution is 9.10. The first-order valence-corrected chi connectivity index (χ1v) is 8.04. The van der Waals surface area contributed by atoms with Crippen LogP contribution in [0.1, 0.15) is 15.9 Å². The third-order valence-corrected chi connectivity index (χ3v) is 5.20. The van der Waals surface area contributed by atoms with Crippen LogP contribution in [-0.2, 0) is 17.1 Å². The smallest absolute Gasteiger partial charge is 0.335 e. The summed E-state index contributed by atoms with van der Waals surface area (Å²) in [6.45, 7) is 1.59. The molecule has 0 spiro atoms. The number of carbonyl (C=O) groups is 1. The lowest BCUT2D eigenvalue weighted by molar-refractivity contribution is 0.0696. The van der Waals surface area contributed by atoms with Crippen molar-refractivity contribution in [3.8, 4) is 0 Å². The molecule has 0 amide bonds. The van der Waals surface area contributed by atoms with Crippen molar-refractivity contribution in [1.82, 2.24) is 9.78 Å². The lowest BCUT2D eigenvalue weighted by Gasteiger charge is -2.12. The van der Waals surface area contributed by atoms with E-state index in [9.17, 15) is 13.2 Å². The molecular formula is C12H12BrN3O4S. The summed E-state index contributed by atoms with van der Waals surface area (Å²) in [4.78, 5) is 11.0. The first-order chi connectivity index (χ1) is 9.72. The number of sulfonamides is 1. The van der Waals surface area contributed by atoms with Gasteiger partial charge in [-0.1, -0.05) is 15.9 Å². The number of carboxylic acids is 1. The van der Waals surface area contributed by atoms with Crippen LogP contribution in [0.25, 0.3) is 0 Å². The zero-order valence-electron chi connectivity index (χ0n) is 11.2. The third-order valence-electron chi connectivity index (χ3n) is 2.89. The summed E-state index contributed by atoms with van der Waals surface area (Å²) >= 11 is 3.18. The Labute approximate surface area is 129 Å². The third kappa shape index (κ3) is 3.08. The van der Waals surface area contributed by atoms with Crippen molar-refractivity contribution < 1.29 is 18.3 Å². The van der Waals surface area contributed by atoms with Crippen LogP contribution in [0.15, 0.2) is 33.8 Å². The Bertz CT molecular complexity index is 814. The molecule has 0 unspecified atom stereocenters. The Morgan fingerprint density at radius 3 is 2.62 bits per heavy atom. The van der Waals surface area contributed by atoms with Gasteiger partial charge in [-0.15, -0.1) is 0 Å². The van der Waals surface area contributed by atoms with Crippen LogP contribution in [0, 0.1) is 6.92 Å². The molecule has 1 aromatic heterocycles. The lowest BCUT2D eigenvalue weighted by Crippen LogP contribution is -2.17. The molecule has 0 aliphatic rings. The molecule has 2 N–H and O–H groups in total. The van der Waals surface area contributed by atoms with Crippen LogP contribution < -0.4 is 4.72 Å². The monoisotopic (exact) mass is 373 g/mol. The predicted octanol–water partition coefficient (Wildman–Crippen LogP) is 1.99. The van der Waals surface area contributed by atoms with Gasteiger partial charge in [-0.25, -0.2) is 13.2 Å². The highest BCUT2D eigenvalue weighted by Crippen LogP contribution is 2.27. The number of aryl methyl sites for hydroxylation is 1. The first kappa shape index (κ1) is 15.5. The van der Waals surface area contributed by atoms with E-state index in [0.29, 0.717) is 10.0 Å². The summed E-state index contributed by atoms with van der Waals surface area (Å²) < 4.78 is 29.0. The molecule has 0 bridgehead atoms. The van der Waals surface area contributed by atoms with Gasteiger partial charge in [0.05, 0.1) is 16.7 Å². The van der Waals surface area contributed by atoms with Gasteiger partial charge in [0.15, 0.2) is 0 Å².